The maximum atomic E-state index is 6.36. The molecule has 172 valence electrons. The second kappa shape index (κ2) is 9.12. The molecule has 0 saturated heterocycles. The normalized spacial score (nSPS) is 11.8. The fourth-order valence-corrected chi connectivity index (χ4v) is 4.74. The third kappa shape index (κ3) is 3.71. The minimum Gasteiger partial charge on any atom is -0.455 e. The maximum absolute atomic E-state index is 6.36. The Morgan fingerprint density at radius 1 is 0.694 bits per heavy atom. The molecule has 0 radical (unpaired) electrons. The molecular weight excluding hydrogens is 440 g/mol. The standard InChI is InChI=1S/C33H24N2O/c1-3-13-26(28-20-12-19-27-25-18-10-11-21-29(25)36-33(27)28)30-22(2)34-31(23-14-6-4-7-15-23)32(35-30)24-16-8-5-9-17-24/h3-21H,1H2,2H3/b26-13-. The van der Waals surface area contributed by atoms with Gasteiger partial charge in [0, 0.05) is 33.0 Å². The summed E-state index contributed by atoms with van der Waals surface area (Å²) in [5.74, 6) is 0. The lowest BCUT2D eigenvalue weighted by molar-refractivity contribution is 0.667. The van der Waals surface area contributed by atoms with Gasteiger partial charge in [0.15, 0.2) is 0 Å². The van der Waals surface area contributed by atoms with Crippen LogP contribution in [-0.4, -0.2) is 9.97 Å². The molecule has 6 aromatic rings. The topological polar surface area (TPSA) is 38.9 Å². The van der Waals surface area contributed by atoms with E-state index >= 15 is 0 Å². The number of fused-ring (bicyclic) bond motifs is 3. The average molecular weight is 465 g/mol. The number of aryl methyl sites for hydroxylation is 1. The van der Waals surface area contributed by atoms with E-state index in [9.17, 15) is 0 Å². The van der Waals surface area contributed by atoms with E-state index < -0.39 is 0 Å². The van der Waals surface area contributed by atoms with Crippen molar-refractivity contribution < 1.29 is 4.42 Å². The zero-order valence-electron chi connectivity index (χ0n) is 20.0. The van der Waals surface area contributed by atoms with Gasteiger partial charge in [-0.25, -0.2) is 9.97 Å². The molecular formula is C33H24N2O. The van der Waals surface area contributed by atoms with Gasteiger partial charge in [-0.3, -0.25) is 0 Å². The van der Waals surface area contributed by atoms with Gasteiger partial charge in [-0.05, 0) is 13.0 Å². The van der Waals surface area contributed by atoms with Crippen molar-refractivity contribution in [3.8, 4) is 22.5 Å². The van der Waals surface area contributed by atoms with Gasteiger partial charge in [-0.2, -0.15) is 0 Å². The van der Waals surface area contributed by atoms with Crippen LogP contribution in [0.5, 0.6) is 0 Å². The Morgan fingerprint density at radius 3 is 2.00 bits per heavy atom. The number of aromatic nitrogens is 2. The van der Waals surface area contributed by atoms with E-state index in [-0.39, 0.29) is 0 Å². The first-order chi connectivity index (χ1) is 17.7. The number of hydrogen-bond acceptors (Lipinski definition) is 3. The van der Waals surface area contributed by atoms with Crippen molar-refractivity contribution in [1.82, 2.24) is 9.97 Å². The summed E-state index contributed by atoms with van der Waals surface area (Å²) in [4.78, 5) is 10.4. The Balaban J connectivity index is 1.62. The number of furan rings is 1. The van der Waals surface area contributed by atoms with Crippen LogP contribution in [0.25, 0.3) is 50.0 Å². The van der Waals surface area contributed by atoms with Gasteiger partial charge >= 0.3 is 0 Å². The second-order valence-corrected chi connectivity index (χ2v) is 8.68. The fraction of sp³-hybridized carbons (Fsp3) is 0.0303. The van der Waals surface area contributed by atoms with E-state index in [4.69, 9.17) is 14.4 Å². The highest BCUT2D eigenvalue weighted by atomic mass is 16.3. The smallest absolute Gasteiger partial charge is 0.143 e. The maximum Gasteiger partial charge on any atom is 0.143 e. The first-order valence-electron chi connectivity index (χ1n) is 12.0. The molecule has 0 bridgehead atoms. The summed E-state index contributed by atoms with van der Waals surface area (Å²) < 4.78 is 6.36. The Bertz CT molecular complexity index is 1750. The number of allylic oxidation sites excluding steroid dienone is 2. The number of rotatable bonds is 5. The molecule has 0 aliphatic carbocycles. The Morgan fingerprint density at radius 2 is 1.31 bits per heavy atom. The molecule has 0 saturated carbocycles. The molecule has 3 nitrogen and oxygen atoms in total. The lowest BCUT2D eigenvalue weighted by Crippen LogP contribution is -2.04. The molecule has 6 rings (SSSR count). The fourth-order valence-electron chi connectivity index (χ4n) is 4.74. The van der Waals surface area contributed by atoms with Gasteiger partial charge in [0.25, 0.3) is 0 Å². The number of hydrogen-bond donors (Lipinski definition) is 0. The van der Waals surface area contributed by atoms with Crippen LogP contribution in [-0.2, 0) is 0 Å². The minimum atomic E-state index is 0.807. The van der Waals surface area contributed by atoms with Gasteiger partial charge in [0.2, 0.25) is 0 Å². The molecule has 0 N–H and O–H groups in total. The number of para-hydroxylation sites is 2. The van der Waals surface area contributed by atoms with E-state index in [1.54, 1.807) is 6.08 Å². The van der Waals surface area contributed by atoms with Gasteiger partial charge in [0.1, 0.15) is 11.2 Å². The van der Waals surface area contributed by atoms with Crippen molar-refractivity contribution >= 4 is 27.5 Å². The molecule has 0 aliphatic heterocycles. The third-order valence-electron chi connectivity index (χ3n) is 6.40. The van der Waals surface area contributed by atoms with Crippen LogP contribution < -0.4 is 0 Å². The molecule has 4 aromatic carbocycles. The van der Waals surface area contributed by atoms with E-state index in [0.29, 0.717) is 0 Å². The van der Waals surface area contributed by atoms with Crippen molar-refractivity contribution in [2.45, 2.75) is 6.92 Å². The predicted molar refractivity (Wildman–Crippen MR) is 149 cm³/mol. The van der Waals surface area contributed by atoms with Crippen LogP contribution >= 0.6 is 0 Å². The molecule has 0 spiro atoms. The predicted octanol–water partition coefficient (Wildman–Crippen LogP) is 8.64. The second-order valence-electron chi connectivity index (χ2n) is 8.68. The van der Waals surface area contributed by atoms with Gasteiger partial charge < -0.3 is 4.42 Å². The van der Waals surface area contributed by atoms with Crippen LogP contribution in [0.15, 0.2) is 126 Å². The first-order valence-corrected chi connectivity index (χ1v) is 12.0. The van der Waals surface area contributed by atoms with E-state index in [1.165, 1.54) is 0 Å². The largest absolute Gasteiger partial charge is 0.455 e. The highest BCUT2D eigenvalue weighted by Gasteiger charge is 2.20. The molecule has 2 heterocycles. The van der Waals surface area contributed by atoms with E-state index in [0.717, 1.165) is 67.0 Å². The third-order valence-corrected chi connectivity index (χ3v) is 6.40. The summed E-state index contributed by atoms with van der Waals surface area (Å²) in [7, 11) is 0. The molecule has 0 unspecified atom stereocenters. The van der Waals surface area contributed by atoms with Crippen LogP contribution in [0, 0.1) is 6.92 Å². The van der Waals surface area contributed by atoms with Gasteiger partial charge in [-0.15, -0.1) is 0 Å². The molecule has 0 amide bonds. The molecule has 0 fully saturated rings. The van der Waals surface area contributed by atoms with E-state index in [2.05, 4.69) is 55.1 Å². The average Bonchev–Trinajstić information content (AvgIpc) is 3.32. The van der Waals surface area contributed by atoms with Gasteiger partial charge in [0.05, 0.1) is 22.8 Å². The SMILES string of the molecule is C=C/C=C(\c1nc(-c2ccccc2)c(-c2ccccc2)nc1C)c1cccc2c1oc1ccccc12. The van der Waals surface area contributed by atoms with Crippen LogP contribution in [0.2, 0.25) is 0 Å². The van der Waals surface area contributed by atoms with Gasteiger partial charge in [-0.1, -0.05) is 116 Å². The van der Waals surface area contributed by atoms with Crippen molar-refractivity contribution in [2.24, 2.45) is 0 Å². The lowest BCUT2D eigenvalue weighted by Gasteiger charge is -2.16. The summed E-state index contributed by atoms with van der Waals surface area (Å²) >= 11 is 0. The quantitative estimate of drug-likeness (QED) is 0.240. The summed E-state index contributed by atoms with van der Waals surface area (Å²) in [6, 6.07) is 34.8. The lowest BCUT2D eigenvalue weighted by atomic mass is 9.96. The highest BCUT2D eigenvalue weighted by molar-refractivity contribution is 6.09. The zero-order chi connectivity index (χ0) is 24.5. The van der Waals surface area contributed by atoms with Crippen molar-refractivity contribution in [3.05, 3.63) is 139 Å². The van der Waals surface area contributed by atoms with Crippen LogP contribution in [0.3, 0.4) is 0 Å². The highest BCUT2D eigenvalue weighted by Crippen LogP contribution is 2.38. The number of nitrogens with zero attached hydrogens (tertiary/aromatic N) is 2. The summed E-state index contributed by atoms with van der Waals surface area (Å²) in [5.41, 5.74) is 9.00. The Hall–Kier alpha value is -4.76. The van der Waals surface area contributed by atoms with Crippen LogP contribution in [0.4, 0.5) is 0 Å². The Labute approximate surface area is 210 Å². The summed E-state index contributed by atoms with van der Waals surface area (Å²) in [6.45, 7) is 6.01. The molecule has 3 heteroatoms. The molecule has 36 heavy (non-hydrogen) atoms. The van der Waals surface area contributed by atoms with Crippen molar-refractivity contribution in [3.63, 3.8) is 0 Å². The van der Waals surface area contributed by atoms with Crippen LogP contribution in [0.1, 0.15) is 17.0 Å². The number of benzene rings is 4. The molecule has 0 atom stereocenters. The van der Waals surface area contributed by atoms with E-state index in [1.807, 2.05) is 67.6 Å². The first kappa shape index (κ1) is 21.8. The molecule has 2 aromatic heterocycles. The van der Waals surface area contributed by atoms with Crippen molar-refractivity contribution in [1.29, 1.82) is 0 Å². The summed E-state index contributed by atoms with van der Waals surface area (Å²) in [6.07, 6.45) is 3.79. The zero-order valence-corrected chi connectivity index (χ0v) is 20.0. The monoisotopic (exact) mass is 464 g/mol. The Kier molecular flexibility index (Phi) is 5.51. The minimum absolute atomic E-state index is 0.807. The van der Waals surface area contributed by atoms with Crippen molar-refractivity contribution in [2.75, 3.05) is 0 Å². The summed E-state index contributed by atoms with van der Waals surface area (Å²) in [5, 5.41) is 2.17. The molecule has 0 aliphatic rings.